The van der Waals surface area contributed by atoms with Crippen molar-refractivity contribution in [3.8, 4) is 17.2 Å². The molecule has 1 heterocycles. The van der Waals surface area contributed by atoms with E-state index in [0.717, 1.165) is 11.0 Å². The summed E-state index contributed by atoms with van der Waals surface area (Å²) < 4.78 is 59.3. The number of amidine groups is 1. The fourth-order valence-corrected chi connectivity index (χ4v) is 5.72. The summed E-state index contributed by atoms with van der Waals surface area (Å²) >= 11 is 0. The second-order valence-electron chi connectivity index (χ2n) is 9.86. The lowest BCUT2D eigenvalue weighted by Crippen LogP contribution is -2.43. The molecule has 0 saturated carbocycles. The number of Topliss-reactive ketones (excluding diaryl/α,β-unsaturated/α-hetero) is 1. The molecule has 0 unspecified atom stereocenters. The summed E-state index contributed by atoms with van der Waals surface area (Å²) in [6.45, 7) is 0. The van der Waals surface area contributed by atoms with Crippen LogP contribution in [-0.2, 0) is 11.0 Å². The Morgan fingerprint density at radius 3 is 2.14 bits per heavy atom. The number of aliphatic hydroxyl groups excluding tert-OH is 1. The first-order chi connectivity index (χ1) is 20.1. The van der Waals surface area contributed by atoms with E-state index in [-0.39, 0.29) is 64.2 Å². The molecular weight excluding hydrogens is 549 g/mol. The van der Waals surface area contributed by atoms with Gasteiger partial charge >= 0.3 is 6.18 Å². The highest BCUT2D eigenvalue weighted by molar-refractivity contribution is 6.20. The second kappa shape index (κ2) is 11.3. The maximum atomic E-state index is 14.3. The highest BCUT2D eigenvalue weighted by Crippen LogP contribution is 2.52. The van der Waals surface area contributed by atoms with E-state index >= 15 is 0 Å². The number of para-hydroxylation sites is 1. The Hall–Kier alpha value is -4.73. The quantitative estimate of drug-likeness (QED) is 0.299. The zero-order valence-corrected chi connectivity index (χ0v) is 23.2. The number of halogens is 3. The smallest absolute Gasteiger partial charge is 0.418 e. The van der Waals surface area contributed by atoms with Gasteiger partial charge in [-0.1, -0.05) is 42.5 Å². The third kappa shape index (κ3) is 4.87. The van der Waals surface area contributed by atoms with E-state index in [1.54, 1.807) is 42.5 Å². The summed E-state index contributed by atoms with van der Waals surface area (Å²) in [5.41, 5.74) is 0.00588. The molecule has 1 atom stereocenters. The summed E-state index contributed by atoms with van der Waals surface area (Å²) in [6, 6.07) is 16.6. The molecule has 0 fully saturated rings. The third-order valence-corrected chi connectivity index (χ3v) is 7.53. The van der Waals surface area contributed by atoms with Crippen LogP contribution in [-0.4, -0.2) is 38.1 Å². The minimum atomic E-state index is -4.73. The number of hydrogen-bond donors (Lipinski definition) is 2. The van der Waals surface area contributed by atoms with Gasteiger partial charge in [-0.25, -0.2) is 0 Å². The van der Waals surface area contributed by atoms with Crippen molar-refractivity contribution in [3.05, 3.63) is 100 Å². The van der Waals surface area contributed by atoms with E-state index in [4.69, 9.17) is 14.2 Å². The van der Waals surface area contributed by atoms with Crippen LogP contribution in [0.4, 0.5) is 18.9 Å². The fourth-order valence-electron chi connectivity index (χ4n) is 5.72. The zero-order chi connectivity index (χ0) is 30.2. The number of ketones is 1. The molecular formula is C32H29F3N2O5. The van der Waals surface area contributed by atoms with Crippen LogP contribution in [0.2, 0.25) is 0 Å². The lowest BCUT2D eigenvalue weighted by atomic mass is 9.73. The summed E-state index contributed by atoms with van der Waals surface area (Å²) in [6.07, 6.45) is -3.90. The molecule has 5 rings (SSSR count). The number of nitrogens with one attached hydrogen (secondary N) is 1. The standard InChI is InChI=1S/C32H29F3N2O5/c1-40-24-16-19(17-25(41-2)30(24)42-3)26-27-22(14-9-15-23(27)38)37(21-13-8-7-12-20(21)32(33,34)35)31(36)28(26)29(39)18-10-5-4-6-11-18/h4-8,10-13,16-17,26,36,39H,9,14-15H2,1-3H3/t26-/m1/s1. The van der Waals surface area contributed by atoms with Gasteiger partial charge in [-0.2, -0.15) is 13.2 Å². The number of carbonyl (C=O) groups is 1. The van der Waals surface area contributed by atoms with Gasteiger partial charge in [-0.05, 0) is 42.7 Å². The van der Waals surface area contributed by atoms with Gasteiger partial charge in [0, 0.05) is 34.7 Å². The summed E-state index contributed by atoms with van der Waals surface area (Å²) in [5.74, 6) is -1.13. The molecule has 7 nitrogen and oxygen atoms in total. The van der Waals surface area contributed by atoms with Crippen LogP contribution in [0.15, 0.2) is 83.6 Å². The molecule has 0 radical (unpaired) electrons. The number of hydrogen-bond acceptors (Lipinski definition) is 6. The molecule has 3 aromatic rings. The van der Waals surface area contributed by atoms with Crippen LogP contribution in [0, 0.1) is 5.41 Å². The number of allylic oxidation sites excluding steroid dienone is 2. The third-order valence-electron chi connectivity index (χ3n) is 7.53. The molecule has 0 bridgehead atoms. The maximum absolute atomic E-state index is 14.3. The Bertz CT molecular complexity index is 1590. The fraction of sp³-hybridized carbons (Fsp3) is 0.250. The summed E-state index contributed by atoms with van der Waals surface area (Å²) in [5, 5.41) is 21.1. The summed E-state index contributed by atoms with van der Waals surface area (Å²) in [7, 11) is 4.33. The minimum Gasteiger partial charge on any atom is -0.507 e. The van der Waals surface area contributed by atoms with Crippen molar-refractivity contribution in [1.82, 2.24) is 0 Å². The average Bonchev–Trinajstić information content (AvgIpc) is 2.99. The highest BCUT2D eigenvalue weighted by atomic mass is 19.4. The van der Waals surface area contributed by atoms with Crippen molar-refractivity contribution in [2.75, 3.05) is 26.2 Å². The Kier molecular flexibility index (Phi) is 7.73. The predicted molar refractivity (Wildman–Crippen MR) is 152 cm³/mol. The van der Waals surface area contributed by atoms with Crippen molar-refractivity contribution in [1.29, 1.82) is 5.41 Å². The van der Waals surface area contributed by atoms with Crippen molar-refractivity contribution in [2.24, 2.45) is 0 Å². The normalized spacial score (nSPS) is 18.5. The topological polar surface area (TPSA) is 92.1 Å². The van der Waals surface area contributed by atoms with E-state index in [9.17, 15) is 28.5 Å². The van der Waals surface area contributed by atoms with Crippen LogP contribution in [0.5, 0.6) is 17.2 Å². The Labute approximate surface area is 241 Å². The first-order valence-electron chi connectivity index (χ1n) is 13.2. The van der Waals surface area contributed by atoms with Crippen LogP contribution in [0.25, 0.3) is 5.76 Å². The van der Waals surface area contributed by atoms with Crippen LogP contribution < -0.4 is 19.1 Å². The molecule has 2 N–H and O–H groups in total. The van der Waals surface area contributed by atoms with E-state index < -0.39 is 17.7 Å². The van der Waals surface area contributed by atoms with Gasteiger partial charge in [-0.15, -0.1) is 0 Å². The molecule has 10 heteroatoms. The number of ether oxygens (including phenoxy) is 3. The molecule has 3 aromatic carbocycles. The lowest BCUT2D eigenvalue weighted by molar-refractivity contribution is -0.137. The second-order valence-corrected chi connectivity index (χ2v) is 9.86. The number of aliphatic hydroxyl groups is 1. The van der Waals surface area contributed by atoms with Gasteiger partial charge in [0.25, 0.3) is 0 Å². The highest BCUT2D eigenvalue weighted by Gasteiger charge is 2.46. The number of anilines is 1. The van der Waals surface area contributed by atoms with Gasteiger partial charge in [0.05, 0.1) is 32.6 Å². The lowest BCUT2D eigenvalue weighted by Gasteiger charge is -2.42. The van der Waals surface area contributed by atoms with Gasteiger partial charge in [0.1, 0.15) is 11.6 Å². The van der Waals surface area contributed by atoms with Gasteiger partial charge in [-0.3, -0.25) is 15.1 Å². The minimum absolute atomic E-state index is 0.0264. The SMILES string of the molecule is COc1cc([C@H]2C(=C(O)c3ccccc3)C(=N)N(c3ccccc3C(F)(F)F)C3=C2C(=O)CCC3)cc(OC)c1OC. The van der Waals surface area contributed by atoms with Crippen LogP contribution in [0.1, 0.15) is 41.9 Å². The Balaban J connectivity index is 1.89. The molecule has 0 spiro atoms. The van der Waals surface area contributed by atoms with Crippen molar-refractivity contribution < 1.29 is 37.3 Å². The van der Waals surface area contributed by atoms with Gasteiger partial charge in [0.15, 0.2) is 17.3 Å². The van der Waals surface area contributed by atoms with Gasteiger partial charge < -0.3 is 19.3 Å². The number of carbonyl (C=O) groups excluding carboxylic acids is 1. The molecule has 2 aliphatic rings. The van der Waals surface area contributed by atoms with Crippen molar-refractivity contribution >= 4 is 23.1 Å². The van der Waals surface area contributed by atoms with E-state index in [1.165, 1.54) is 39.5 Å². The first-order valence-corrected chi connectivity index (χ1v) is 13.2. The molecule has 0 amide bonds. The van der Waals surface area contributed by atoms with E-state index in [1.807, 2.05) is 0 Å². The molecule has 218 valence electrons. The summed E-state index contributed by atoms with van der Waals surface area (Å²) in [4.78, 5) is 14.9. The van der Waals surface area contributed by atoms with Gasteiger partial charge in [0.2, 0.25) is 5.75 Å². The average molecular weight is 579 g/mol. The number of alkyl halides is 3. The van der Waals surface area contributed by atoms with Crippen LogP contribution in [0.3, 0.4) is 0 Å². The maximum Gasteiger partial charge on any atom is 0.418 e. The number of methoxy groups -OCH3 is 3. The predicted octanol–water partition coefficient (Wildman–Crippen LogP) is 7.29. The van der Waals surface area contributed by atoms with Crippen molar-refractivity contribution in [2.45, 2.75) is 31.4 Å². The number of nitrogens with zero attached hydrogens (tertiary/aromatic N) is 1. The van der Waals surface area contributed by atoms with Crippen LogP contribution >= 0.6 is 0 Å². The van der Waals surface area contributed by atoms with E-state index in [0.29, 0.717) is 23.3 Å². The van der Waals surface area contributed by atoms with Crippen molar-refractivity contribution in [3.63, 3.8) is 0 Å². The molecule has 1 aliphatic carbocycles. The Morgan fingerprint density at radius 2 is 1.55 bits per heavy atom. The molecule has 0 aromatic heterocycles. The monoisotopic (exact) mass is 578 g/mol. The number of rotatable bonds is 6. The zero-order valence-electron chi connectivity index (χ0n) is 23.2. The van der Waals surface area contributed by atoms with E-state index in [2.05, 4.69) is 0 Å². The Morgan fingerprint density at radius 1 is 0.929 bits per heavy atom. The largest absolute Gasteiger partial charge is 0.507 e. The first kappa shape index (κ1) is 28.8. The number of benzene rings is 3. The molecule has 0 saturated heterocycles. The molecule has 42 heavy (non-hydrogen) atoms. The molecule has 1 aliphatic heterocycles.